The first kappa shape index (κ1) is 12.0. The van der Waals surface area contributed by atoms with Crippen LogP contribution in [0.25, 0.3) is 10.9 Å². The molecule has 2 aromatic carbocycles. The number of nitrogens with zero attached hydrogens (tertiary/aromatic N) is 2. The minimum absolute atomic E-state index is 0.441. The Kier molecular flexibility index (Phi) is 2.94. The van der Waals surface area contributed by atoms with Crippen LogP contribution in [-0.2, 0) is 0 Å². The summed E-state index contributed by atoms with van der Waals surface area (Å²) in [6, 6.07) is 16.7. The van der Waals surface area contributed by atoms with Crippen molar-refractivity contribution >= 4 is 16.6 Å². The third-order valence-electron chi connectivity index (χ3n) is 2.97. The van der Waals surface area contributed by atoms with Crippen molar-refractivity contribution < 1.29 is 4.74 Å². The average Bonchev–Trinajstić information content (AvgIpc) is 2.50. The molecule has 4 heteroatoms. The van der Waals surface area contributed by atoms with Crippen molar-refractivity contribution in [2.45, 2.75) is 0 Å². The highest BCUT2D eigenvalue weighted by atomic mass is 16.5. The van der Waals surface area contributed by atoms with E-state index < -0.39 is 0 Å². The Labute approximate surface area is 116 Å². The number of pyridine rings is 1. The van der Waals surface area contributed by atoms with Crippen LogP contribution in [0.3, 0.4) is 0 Å². The number of fused-ring (bicyclic) bond motifs is 1. The monoisotopic (exact) mass is 261 g/mol. The largest absolute Gasteiger partial charge is 0.453 e. The van der Waals surface area contributed by atoms with Crippen LogP contribution in [0.1, 0.15) is 5.56 Å². The first-order valence-corrected chi connectivity index (χ1v) is 6.10. The van der Waals surface area contributed by atoms with E-state index in [1.54, 1.807) is 24.4 Å². The lowest BCUT2D eigenvalue weighted by Crippen LogP contribution is -1.96. The van der Waals surface area contributed by atoms with Crippen molar-refractivity contribution in [2.75, 3.05) is 5.73 Å². The van der Waals surface area contributed by atoms with Gasteiger partial charge in [0.1, 0.15) is 11.8 Å². The molecule has 0 amide bonds. The SMILES string of the molecule is N#Cc1ccccc1Oc1c(N)cnc2ccccc12. The molecule has 0 bridgehead atoms. The van der Waals surface area contributed by atoms with Gasteiger partial charge in [0.05, 0.1) is 23.0 Å². The van der Waals surface area contributed by atoms with E-state index in [9.17, 15) is 0 Å². The van der Waals surface area contributed by atoms with Crippen molar-refractivity contribution in [3.63, 3.8) is 0 Å². The molecule has 96 valence electrons. The van der Waals surface area contributed by atoms with Gasteiger partial charge in [0, 0.05) is 5.39 Å². The molecule has 0 saturated heterocycles. The minimum atomic E-state index is 0.441. The normalized spacial score (nSPS) is 10.2. The summed E-state index contributed by atoms with van der Waals surface area (Å²) in [7, 11) is 0. The van der Waals surface area contributed by atoms with Gasteiger partial charge in [-0.2, -0.15) is 5.26 Å². The molecule has 4 nitrogen and oxygen atoms in total. The van der Waals surface area contributed by atoms with Crippen LogP contribution in [-0.4, -0.2) is 4.98 Å². The quantitative estimate of drug-likeness (QED) is 0.766. The second-order valence-corrected chi connectivity index (χ2v) is 4.27. The molecule has 0 radical (unpaired) electrons. The Morgan fingerprint density at radius 3 is 2.65 bits per heavy atom. The number of nitrogen functional groups attached to an aromatic ring is 1. The van der Waals surface area contributed by atoms with Crippen LogP contribution < -0.4 is 10.5 Å². The van der Waals surface area contributed by atoms with Crippen LogP contribution in [0.15, 0.2) is 54.7 Å². The summed E-state index contributed by atoms with van der Waals surface area (Å²) in [5.74, 6) is 1.01. The van der Waals surface area contributed by atoms with Crippen LogP contribution in [0.4, 0.5) is 5.69 Å². The molecule has 0 aliphatic heterocycles. The molecule has 20 heavy (non-hydrogen) atoms. The van der Waals surface area contributed by atoms with Gasteiger partial charge in [0.15, 0.2) is 5.75 Å². The highest BCUT2D eigenvalue weighted by Gasteiger charge is 2.11. The second kappa shape index (κ2) is 4.90. The summed E-state index contributed by atoms with van der Waals surface area (Å²) in [5, 5.41) is 9.93. The summed E-state index contributed by atoms with van der Waals surface area (Å²) >= 11 is 0. The molecule has 0 unspecified atom stereocenters. The van der Waals surface area contributed by atoms with E-state index in [0.717, 1.165) is 10.9 Å². The van der Waals surface area contributed by atoms with Crippen molar-refractivity contribution in [3.05, 3.63) is 60.3 Å². The minimum Gasteiger partial charge on any atom is -0.453 e. The standard InChI is InChI=1S/C16H11N3O/c17-9-11-5-1-4-8-15(11)20-16-12-6-2-3-7-14(12)19-10-13(16)18/h1-8,10H,18H2. The molecule has 1 heterocycles. The zero-order valence-electron chi connectivity index (χ0n) is 10.6. The van der Waals surface area contributed by atoms with Crippen LogP contribution in [0.2, 0.25) is 0 Å². The van der Waals surface area contributed by atoms with Gasteiger partial charge in [-0.15, -0.1) is 0 Å². The number of anilines is 1. The van der Waals surface area contributed by atoms with E-state index in [-0.39, 0.29) is 0 Å². The molecule has 1 aromatic heterocycles. The number of ether oxygens (including phenoxy) is 1. The number of aromatic nitrogens is 1. The van der Waals surface area contributed by atoms with Crippen molar-refractivity contribution in [1.29, 1.82) is 5.26 Å². The first-order chi connectivity index (χ1) is 9.79. The van der Waals surface area contributed by atoms with Gasteiger partial charge in [-0.3, -0.25) is 4.98 Å². The van der Waals surface area contributed by atoms with E-state index in [2.05, 4.69) is 11.1 Å². The third kappa shape index (κ3) is 2.02. The topological polar surface area (TPSA) is 71.9 Å². The fourth-order valence-electron chi connectivity index (χ4n) is 2.00. The molecular formula is C16H11N3O. The van der Waals surface area contributed by atoms with Gasteiger partial charge in [-0.25, -0.2) is 0 Å². The molecular weight excluding hydrogens is 250 g/mol. The zero-order chi connectivity index (χ0) is 13.9. The molecule has 0 spiro atoms. The number of nitrogens with two attached hydrogens (primary N) is 1. The molecule has 3 aromatic rings. The van der Waals surface area contributed by atoms with E-state index >= 15 is 0 Å². The smallest absolute Gasteiger partial charge is 0.161 e. The van der Waals surface area contributed by atoms with Gasteiger partial charge in [0.2, 0.25) is 0 Å². The van der Waals surface area contributed by atoms with Crippen molar-refractivity contribution in [3.8, 4) is 17.6 Å². The Balaban J connectivity index is 2.16. The maximum atomic E-state index is 9.11. The molecule has 2 N–H and O–H groups in total. The lowest BCUT2D eigenvalue weighted by atomic mass is 10.2. The summed E-state index contributed by atoms with van der Waals surface area (Å²) in [5.41, 5.74) is 7.66. The van der Waals surface area contributed by atoms with E-state index in [1.165, 1.54) is 0 Å². The molecule has 0 saturated carbocycles. The fraction of sp³-hybridized carbons (Fsp3) is 0. The van der Waals surface area contributed by atoms with E-state index in [1.807, 2.05) is 30.3 Å². The lowest BCUT2D eigenvalue weighted by Gasteiger charge is -2.12. The van der Waals surface area contributed by atoms with E-state index in [4.69, 9.17) is 15.7 Å². The summed E-state index contributed by atoms with van der Waals surface area (Å²) in [6.45, 7) is 0. The average molecular weight is 261 g/mol. The van der Waals surface area contributed by atoms with Crippen molar-refractivity contribution in [1.82, 2.24) is 4.98 Å². The summed E-state index contributed by atoms with van der Waals surface area (Å²) < 4.78 is 5.86. The Morgan fingerprint density at radius 1 is 1.05 bits per heavy atom. The third-order valence-corrected chi connectivity index (χ3v) is 2.97. The van der Waals surface area contributed by atoms with Gasteiger partial charge < -0.3 is 10.5 Å². The van der Waals surface area contributed by atoms with Crippen LogP contribution in [0, 0.1) is 11.3 Å². The van der Waals surface area contributed by atoms with Gasteiger partial charge in [0.25, 0.3) is 0 Å². The molecule has 0 aliphatic rings. The zero-order valence-corrected chi connectivity index (χ0v) is 10.6. The number of benzene rings is 2. The predicted molar refractivity (Wildman–Crippen MR) is 77.4 cm³/mol. The number of hydrogen-bond donors (Lipinski definition) is 1. The highest BCUT2D eigenvalue weighted by Crippen LogP contribution is 2.35. The maximum absolute atomic E-state index is 9.11. The lowest BCUT2D eigenvalue weighted by molar-refractivity contribution is 0.488. The molecule has 3 rings (SSSR count). The number of nitriles is 1. The first-order valence-electron chi connectivity index (χ1n) is 6.10. The van der Waals surface area contributed by atoms with Crippen LogP contribution in [0.5, 0.6) is 11.5 Å². The van der Waals surface area contributed by atoms with Gasteiger partial charge in [-0.05, 0) is 24.3 Å². The maximum Gasteiger partial charge on any atom is 0.161 e. The van der Waals surface area contributed by atoms with E-state index in [0.29, 0.717) is 22.7 Å². The molecule has 0 atom stereocenters. The summed E-state index contributed by atoms with van der Waals surface area (Å²) in [4.78, 5) is 4.26. The Bertz CT molecular complexity index is 821. The number of rotatable bonds is 2. The summed E-state index contributed by atoms with van der Waals surface area (Å²) in [6.07, 6.45) is 1.56. The molecule has 0 fully saturated rings. The number of hydrogen-bond acceptors (Lipinski definition) is 4. The van der Waals surface area contributed by atoms with Crippen molar-refractivity contribution in [2.24, 2.45) is 0 Å². The molecule has 0 aliphatic carbocycles. The second-order valence-electron chi connectivity index (χ2n) is 4.27. The number of para-hydroxylation sites is 2. The predicted octanol–water partition coefficient (Wildman–Crippen LogP) is 3.48. The highest BCUT2D eigenvalue weighted by molar-refractivity contribution is 5.89. The van der Waals surface area contributed by atoms with Gasteiger partial charge >= 0.3 is 0 Å². The fourth-order valence-corrected chi connectivity index (χ4v) is 2.00. The van der Waals surface area contributed by atoms with Gasteiger partial charge in [-0.1, -0.05) is 24.3 Å². The van der Waals surface area contributed by atoms with Crippen LogP contribution >= 0.6 is 0 Å². The Hall–Kier alpha value is -3.06. The Morgan fingerprint density at radius 2 is 1.80 bits per heavy atom.